The van der Waals surface area contributed by atoms with Crippen molar-refractivity contribution in [2.24, 2.45) is 0 Å². The molecule has 158 valence electrons. The van der Waals surface area contributed by atoms with Crippen molar-refractivity contribution < 1.29 is 14.7 Å². The number of carboxylic acid groups (broad SMARTS) is 1. The monoisotopic (exact) mass is 403 g/mol. The van der Waals surface area contributed by atoms with Crippen LogP contribution in [0.3, 0.4) is 0 Å². The number of likely N-dealkylation sites (tertiary alicyclic amines) is 1. The fraction of sp³-hybridized carbons (Fsp3) is 0.550. The van der Waals surface area contributed by atoms with Crippen molar-refractivity contribution in [2.45, 2.75) is 38.5 Å². The molecule has 0 aliphatic carbocycles. The predicted octanol–water partition coefficient (Wildman–Crippen LogP) is 1.97. The molecular weight excluding hydrogens is 374 g/mol. The Morgan fingerprint density at radius 2 is 1.55 bits per heavy atom. The predicted molar refractivity (Wildman–Crippen MR) is 113 cm³/mol. The summed E-state index contributed by atoms with van der Waals surface area (Å²) in [6, 6.07) is 3.85. The van der Waals surface area contributed by atoms with Crippen LogP contribution in [0.2, 0.25) is 0 Å². The van der Waals surface area contributed by atoms with Gasteiger partial charge in [-0.2, -0.15) is 0 Å². The number of benzene rings is 1. The first-order chi connectivity index (χ1) is 14.1. The van der Waals surface area contributed by atoms with Crippen LogP contribution in [0.15, 0.2) is 16.9 Å². The van der Waals surface area contributed by atoms with Gasteiger partial charge in [0.15, 0.2) is 0 Å². The van der Waals surface area contributed by atoms with Crippen molar-refractivity contribution in [1.82, 2.24) is 14.9 Å². The molecule has 9 heteroatoms. The lowest BCUT2D eigenvalue weighted by atomic mass is 10.2. The number of H-pyrrole nitrogens is 2. The molecule has 3 heterocycles. The molecular formula is C20H29N5O4. The molecule has 4 rings (SSSR count). The minimum atomic E-state index is -0.250. The molecule has 0 spiro atoms. The summed E-state index contributed by atoms with van der Waals surface area (Å²) in [4.78, 5) is 42.8. The molecule has 0 radical (unpaired) electrons. The average molecular weight is 403 g/mol. The van der Waals surface area contributed by atoms with Crippen LogP contribution >= 0.6 is 0 Å². The van der Waals surface area contributed by atoms with Crippen LogP contribution in [0.4, 0.5) is 11.4 Å². The van der Waals surface area contributed by atoms with Gasteiger partial charge in [0.05, 0.1) is 29.0 Å². The SMILES string of the molecule is O=C(CN1CCCCCC1)Nc1cc2[nH]c(=O)[nH]c2cc1N1CCCC1.O=CO. The Labute approximate surface area is 169 Å². The zero-order chi connectivity index (χ0) is 20.6. The minimum absolute atomic E-state index is 0.0181. The molecule has 1 amide bonds. The van der Waals surface area contributed by atoms with Crippen molar-refractivity contribution in [3.63, 3.8) is 0 Å². The number of anilines is 2. The molecule has 0 saturated carbocycles. The first kappa shape index (κ1) is 20.9. The number of carbonyl (C=O) groups is 2. The molecule has 9 nitrogen and oxygen atoms in total. The van der Waals surface area contributed by atoms with Crippen molar-refractivity contribution in [3.8, 4) is 0 Å². The second kappa shape index (κ2) is 10.1. The maximum absolute atomic E-state index is 12.7. The number of rotatable bonds is 4. The van der Waals surface area contributed by atoms with Crippen LogP contribution in [0.1, 0.15) is 38.5 Å². The van der Waals surface area contributed by atoms with Crippen molar-refractivity contribution in [3.05, 3.63) is 22.6 Å². The number of nitrogens with one attached hydrogen (secondary N) is 3. The van der Waals surface area contributed by atoms with Crippen LogP contribution in [0.25, 0.3) is 11.0 Å². The molecule has 1 aromatic heterocycles. The van der Waals surface area contributed by atoms with E-state index in [9.17, 15) is 9.59 Å². The molecule has 0 bridgehead atoms. The lowest BCUT2D eigenvalue weighted by molar-refractivity contribution is -0.123. The van der Waals surface area contributed by atoms with Crippen LogP contribution in [-0.2, 0) is 9.59 Å². The van der Waals surface area contributed by atoms with Gasteiger partial charge in [0, 0.05) is 13.1 Å². The third-order valence-corrected chi connectivity index (χ3v) is 5.42. The van der Waals surface area contributed by atoms with Gasteiger partial charge in [0.2, 0.25) is 5.91 Å². The number of carbonyl (C=O) groups excluding carboxylic acids is 1. The summed E-state index contributed by atoms with van der Waals surface area (Å²) in [6.07, 6.45) is 7.17. The zero-order valence-corrected chi connectivity index (χ0v) is 16.6. The smallest absolute Gasteiger partial charge is 0.323 e. The Morgan fingerprint density at radius 3 is 2.17 bits per heavy atom. The summed E-state index contributed by atoms with van der Waals surface area (Å²) in [5, 5.41) is 9.99. The minimum Gasteiger partial charge on any atom is -0.483 e. The highest BCUT2D eigenvalue weighted by atomic mass is 16.3. The van der Waals surface area contributed by atoms with E-state index in [1.165, 1.54) is 25.7 Å². The van der Waals surface area contributed by atoms with E-state index < -0.39 is 0 Å². The van der Waals surface area contributed by atoms with Gasteiger partial charge in [0.1, 0.15) is 0 Å². The number of fused-ring (bicyclic) bond motifs is 1. The Bertz CT molecular complexity index is 877. The maximum atomic E-state index is 12.7. The number of amides is 1. The zero-order valence-electron chi connectivity index (χ0n) is 16.6. The third-order valence-electron chi connectivity index (χ3n) is 5.42. The maximum Gasteiger partial charge on any atom is 0.323 e. The quantitative estimate of drug-likeness (QED) is 0.579. The molecule has 2 aliphatic rings. The van der Waals surface area contributed by atoms with Gasteiger partial charge in [-0.15, -0.1) is 0 Å². The summed E-state index contributed by atoms with van der Waals surface area (Å²) < 4.78 is 0. The van der Waals surface area contributed by atoms with Crippen LogP contribution in [0, 0.1) is 0 Å². The summed E-state index contributed by atoms with van der Waals surface area (Å²) in [5.74, 6) is 0.0181. The van der Waals surface area contributed by atoms with Crippen LogP contribution in [0.5, 0.6) is 0 Å². The van der Waals surface area contributed by atoms with Gasteiger partial charge < -0.3 is 25.3 Å². The topological polar surface area (TPSA) is 122 Å². The Hall–Kier alpha value is -2.81. The lowest BCUT2D eigenvalue weighted by Crippen LogP contribution is -2.34. The number of nitrogens with zero attached hydrogens (tertiary/aromatic N) is 2. The highest BCUT2D eigenvalue weighted by Crippen LogP contribution is 2.32. The van der Waals surface area contributed by atoms with E-state index >= 15 is 0 Å². The highest BCUT2D eigenvalue weighted by molar-refractivity contribution is 5.99. The van der Waals surface area contributed by atoms with E-state index in [4.69, 9.17) is 9.90 Å². The molecule has 4 N–H and O–H groups in total. The van der Waals surface area contributed by atoms with Gasteiger partial charge in [0.25, 0.3) is 6.47 Å². The molecule has 0 unspecified atom stereocenters. The Balaban J connectivity index is 0.000000755. The van der Waals surface area contributed by atoms with E-state index in [0.717, 1.165) is 61.4 Å². The summed E-state index contributed by atoms with van der Waals surface area (Å²) in [7, 11) is 0. The van der Waals surface area contributed by atoms with Gasteiger partial charge >= 0.3 is 5.69 Å². The van der Waals surface area contributed by atoms with Crippen LogP contribution in [-0.4, -0.2) is 65.1 Å². The van der Waals surface area contributed by atoms with Crippen molar-refractivity contribution >= 4 is 34.8 Å². The molecule has 2 saturated heterocycles. The number of hydrogen-bond acceptors (Lipinski definition) is 5. The van der Waals surface area contributed by atoms with E-state index in [1.54, 1.807) is 0 Å². The molecule has 2 fully saturated rings. The van der Waals surface area contributed by atoms with Crippen LogP contribution < -0.4 is 15.9 Å². The summed E-state index contributed by atoms with van der Waals surface area (Å²) >= 11 is 0. The molecule has 29 heavy (non-hydrogen) atoms. The van der Waals surface area contributed by atoms with Crippen molar-refractivity contribution in [2.75, 3.05) is 42.9 Å². The molecule has 2 aliphatic heterocycles. The van der Waals surface area contributed by atoms with Crippen molar-refractivity contribution in [1.29, 1.82) is 0 Å². The van der Waals surface area contributed by atoms with E-state index in [-0.39, 0.29) is 18.1 Å². The average Bonchev–Trinajstić information content (AvgIpc) is 3.25. The highest BCUT2D eigenvalue weighted by Gasteiger charge is 2.20. The summed E-state index contributed by atoms with van der Waals surface area (Å²) in [6.45, 7) is 4.14. The normalized spacial score (nSPS) is 17.4. The molecule has 1 aromatic carbocycles. The van der Waals surface area contributed by atoms with E-state index in [0.29, 0.717) is 6.54 Å². The fourth-order valence-corrected chi connectivity index (χ4v) is 4.08. The second-order valence-electron chi connectivity index (χ2n) is 7.53. The fourth-order valence-electron chi connectivity index (χ4n) is 4.08. The summed E-state index contributed by atoms with van der Waals surface area (Å²) in [5.41, 5.74) is 3.06. The number of aromatic amines is 2. The number of imidazole rings is 1. The number of aromatic nitrogens is 2. The Kier molecular flexibility index (Phi) is 7.29. The lowest BCUT2D eigenvalue weighted by Gasteiger charge is -2.23. The van der Waals surface area contributed by atoms with Gasteiger partial charge in [-0.1, -0.05) is 12.8 Å². The first-order valence-corrected chi connectivity index (χ1v) is 10.2. The first-order valence-electron chi connectivity index (χ1n) is 10.2. The standard InChI is InChI=1S/C19H27N5O2.CH2O2/c25-18(13-23-7-3-1-2-4-8-23)20-16-11-14-15(22-19(26)21-14)12-17(16)24-9-5-6-10-24;2-1-3/h11-12H,1-10,13H2,(H,20,25)(H2,21,22,26);1H,(H,2,3). The van der Waals surface area contributed by atoms with E-state index in [1.807, 2.05) is 12.1 Å². The largest absolute Gasteiger partial charge is 0.483 e. The molecule has 2 aromatic rings. The van der Waals surface area contributed by atoms with Gasteiger partial charge in [-0.05, 0) is 50.9 Å². The third kappa shape index (κ3) is 5.60. The Morgan fingerprint density at radius 1 is 1.00 bits per heavy atom. The van der Waals surface area contributed by atoms with Gasteiger partial charge in [-0.3, -0.25) is 14.5 Å². The second-order valence-corrected chi connectivity index (χ2v) is 7.53. The molecule has 0 atom stereocenters. The van der Waals surface area contributed by atoms with E-state index in [2.05, 4.69) is 25.1 Å². The van der Waals surface area contributed by atoms with Gasteiger partial charge in [-0.25, -0.2) is 4.79 Å². The number of hydrogen-bond donors (Lipinski definition) is 4.